The minimum absolute atomic E-state index is 0.0238. The average molecular weight is 297 g/mol. The van der Waals surface area contributed by atoms with Crippen LogP contribution in [0.3, 0.4) is 0 Å². The van der Waals surface area contributed by atoms with Crippen molar-refractivity contribution >= 4 is 9.84 Å². The predicted molar refractivity (Wildman–Crippen MR) is 80.4 cm³/mol. The molecule has 2 rings (SSSR count). The third-order valence-corrected chi connectivity index (χ3v) is 6.42. The van der Waals surface area contributed by atoms with E-state index in [4.69, 9.17) is 5.73 Å². The molecule has 112 valence electrons. The Balaban J connectivity index is 2.45. The number of hydrogen-bond donors (Lipinski definition) is 2. The molecule has 5 heteroatoms. The number of aliphatic hydroxyl groups excluding tert-OH is 1. The molecule has 4 nitrogen and oxygen atoms in total. The zero-order chi connectivity index (χ0) is 15.1. The van der Waals surface area contributed by atoms with Crippen molar-refractivity contribution in [3.05, 3.63) is 34.4 Å². The van der Waals surface area contributed by atoms with Gasteiger partial charge in [0, 0.05) is 12.0 Å². The van der Waals surface area contributed by atoms with Crippen molar-refractivity contribution in [2.75, 3.05) is 18.1 Å². The molecular formula is C15H23NO3S. The van der Waals surface area contributed by atoms with Gasteiger partial charge in [-0.2, -0.15) is 0 Å². The van der Waals surface area contributed by atoms with Gasteiger partial charge in [0.15, 0.2) is 9.84 Å². The van der Waals surface area contributed by atoms with Crippen LogP contribution in [0.2, 0.25) is 0 Å². The molecule has 0 aromatic heterocycles. The van der Waals surface area contributed by atoms with E-state index in [1.165, 1.54) is 5.56 Å². The summed E-state index contributed by atoms with van der Waals surface area (Å²) in [6, 6.07) is 3.99. The second-order valence-electron chi connectivity index (χ2n) is 6.10. The number of aliphatic hydroxyl groups is 1. The lowest BCUT2D eigenvalue weighted by Crippen LogP contribution is -2.38. The Morgan fingerprint density at radius 2 is 1.85 bits per heavy atom. The topological polar surface area (TPSA) is 80.4 Å². The Morgan fingerprint density at radius 3 is 2.35 bits per heavy atom. The molecule has 1 aromatic rings. The number of benzene rings is 1. The fourth-order valence-electron chi connectivity index (χ4n) is 3.04. The van der Waals surface area contributed by atoms with Gasteiger partial charge in [-0.15, -0.1) is 0 Å². The summed E-state index contributed by atoms with van der Waals surface area (Å²) in [7, 11) is -3.09. The molecule has 20 heavy (non-hydrogen) atoms. The first-order valence-corrected chi connectivity index (χ1v) is 8.69. The van der Waals surface area contributed by atoms with Crippen LogP contribution in [0.15, 0.2) is 12.1 Å². The zero-order valence-electron chi connectivity index (χ0n) is 12.3. The maximum Gasteiger partial charge on any atom is 0.151 e. The first kappa shape index (κ1) is 15.5. The molecule has 1 fully saturated rings. The summed E-state index contributed by atoms with van der Waals surface area (Å²) in [5, 5.41) is 10.8. The number of rotatable bonds is 3. The van der Waals surface area contributed by atoms with Crippen LogP contribution in [-0.4, -0.2) is 31.6 Å². The van der Waals surface area contributed by atoms with Gasteiger partial charge in [-0.05, 0) is 49.4 Å². The molecule has 1 heterocycles. The largest absolute Gasteiger partial charge is 0.388 e. The number of aryl methyl sites for hydroxylation is 3. The highest BCUT2D eigenvalue weighted by Crippen LogP contribution is 2.43. The average Bonchev–Trinajstić information content (AvgIpc) is 2.70. The lowest BCUT2D eigenvalue weighted by molar-refractivity contribution is 0.0466. The van der Waals surface area contributed by atoms with E-state index in [-0.39, 0.29) is 18.1 Å². The van der Waals surface area contributed by atoms with Crippen molar-refractivity contribution < 1.29 is 13.5 Å². The number of nitrogens with two attached hydrogens (primary N) is 1. The summed E-state index contributed by atoms with van der Waals surface area (Å²) >= 11 is 0. The lowest BCUT2D eigenvalue weighted by Gasteiger charge is -2.33. The van der Waals surface area contributed by atoms with Crippen LogP contribution in [0.5, 0.6) is 0 Å². The SMILES string of the molecule is Cc1cc(C)c(C(O)C2(CN)CCS(=O)(=O)C2)cc1C. The zero-order valence-corrected chi connectivity index (χ0v) is 13.1. The molecule has 1 aliphatic rings. The fraction of sp³-hybridized carbons (Fsp3) is 0.600. The second kappa shape index (κ2) is 5.13. The van der Waals surface area contributed by atoms with Crippen LogP contribution in [0.4, 0.5) is 0 Å². The smallest absolute Gasteiger partial charge is 0.151 e. The Bertz CT molecular complexity index is 624. The molecule has 0 bridgehead atoms. The molecule has 0 saturated carbocycles. The lowest BCUT2D eigenvalue weighted by atomic mass is 9.77. The third kappa shape index (κ3) is 2.62. The van der Waals surface area contributed by atoms with Gasteiger partial charge >= 0.3 is 0 Å². The van der Waals surface area contributed by atoms with E-state index in [9.17, 15) is 13.5 Å². The van der Waals surface area contributed by atoms with Crippen molar-refractivity contribution in [2.45, 2.75) is 33.3 Å². The highest BCUT2D eigenvalue weighted by molar-refractivity contribution is 7.91. The summed E-state index contributed by atoms with van der Waals surface area (Å²) in [6.45, 7) is 6.14. The van der Waals surface area contributed by atoms with Crippen LogP contribution >= 0.6 is 0 Å². The Labute approximate surface area is 120 Å². The highest BCUT2D eigenvalue weighted by atomic mass is 32.2. The van der Waals surface area contributed by atoms with Crippen molar-refractivity contribution in [3.8, 4) is 0 Å². The summed E-state index contributed by atoms with van der Waals surface area (Å²) in [5.41, 5.74) is 9.12. The van der Waals surface area contributed by atoms with Gasteiger partial charge in [-0.1, -0.05) is 12.1 Å². The molecule has 1 saturated heterocycles. The molecule has 1 aromatic carbocycles. The van der Waals surface area contributed by atoms with E-state index in [1.807, 2.05) is 32.9 Å². The van der Waals surface area contributed by atoms with E-state index in [0.29, 0.717) is 6.42 Å². The van der Waals surface area contributed by atoms with Gasteiger partial charge in [-0.3, -0.25) is 0 Å². The maximum absolute atomic E-state index is 11.8. The first-order valence-electron chi connectivity index (χ1n) is 6.87. The predicted octanol–water partition coefficient (Wildman–Crippen LogP) is 1.41. The Hall–Kier alpha value is -0.910. The molecule has 0 amide bonds. The summed E-state index contributed by atoms with van der Waals surface area (Å²) in [6.07, 6.45) is -0.400. The van der Waals surface area contributed by atoms with Crippen molar-refractivity contribution in [3.63, 3.8) is 0 Å². The van der Waals surface area contributed by atoms with Gasteiger partial charge in [0.25, 0.3) is 0 Å². The normalized spacial score (nSPS) is 26.6. The van der Waals surface area contributed by atoms with Crippen LogP contribution in [0.1, 0.15) is 34.8 Å². The van der Waals surface area contributed by atoms with Crippen molar-refractivity contribution in [2.24, 2.45) is 11.1 Å². The van der Waals surface area contributed by atoms with Crippen LogP contribution < -0.4 is 5.73 Å². The van der Waals surface area contributed by atoms with Crippen LogP contribution in [-0.2, 0) is 9.84 Å². The summed E-state index contributed by atoms with van der Waals surface area (Å²) in [5.74, 6) is 0.0924. The molecular weight excluding hydrogens is 274 g/mol. The standard InChI is InChI=1S/C15H23NO3S/c1-10-6-12(3)13(7-11(10)2)14(17)15(8-16)4-5-20(18,19)9-15/h6-7,14,17H,4-5,8-9,16H2,1-3H3. The van der Waals surface area contributed by atoms with E-state index < -0.39 is 21.4 Å². The summed E-state index contributed by atoms with van der Waals surface area (Å²) in [4.78, 5) is 0. The Morgan fingerprint density at radius 1 is 1.25 bits per heavy atom. The molecule has 0 radical (unpaired) electrons. The molecule has 0 spiro atoms. The van der Waals surface area contributed by atoms with E-state index in [1.54, 1.807) is 0 Å². The minimum atomic E-state index is -3.09. The molecule has 1 aliphatic heterocycles. The molecule has 0 aliphatic carbocycles. The monoisotopic (exact) mass is 297 g/mol. The van der Waals surface area contributed by atoms with Gasteiger partial charge in [-0.25, -0.2) is 8.42 Å². The summed E-state index contributed by atoms with van der Waals surface area (Å²) < 4.78 is 23.6. The van der Waals surface area contributed by atoms with Crippen molar-refractivity contribution in [1.29, 1.82) is 0 Å². The third-order valence-electron chi connectivity index (χ3n) is 4.58. The van der Waals surface area contributed by atoms with Gasteiger partial charge < -0.3 is 10.8 Å². The molecule has 2 unspecified atom stereocenters. The van der Waals surface area contributed by atoms with Crippen molar-refractivity contribution in [1.82, 2.24) is 0 Å². The van der Waals surface area contributed by atoms with Gasteiger partial charge in [0.2, 0.25) is 0 Å². The highest BCUT2D eigenvalue weighted by Gasteiger charge is 2.47. The maximum atomic E-state index is 11.8. The van der Waals surface area contributed by atoms with Gasteiger partial charge in [0.1, 0.15) is 0 Å². The van der Waals surface area contributed by atoms with E-state index in [0.717, 1.165) is 16.7 Å². The fourth-order valence-corrected chi connectivity index (χ4v) is 5.19. The quantitative estimate of drug-likeness (QED) is 0.884. The molecule has 2 atom stereocenters. The van der Waals surface area contributed by atoms with E-state index >= 15 is 0 Å². The second-order valence-corrected chi connectivity index (χ2v) is 8.29. The molecule has 3 N–H and O–H groups in total. The van der Waals surface area contributed by atoms with Crippen LogP contribution in [0, 0.1) is 26.2 Å². The van der Waals surface area contributed by atoms with Gasteiger partial charge in [0.05, 0.1) is 17.6 Å². The van der Waals surface area contributed by atoms with E-state index in [2.05, 4.69) is 0 Å². The van der Waals surface area contributed by atoms with Crippen LogP contribution in [0.25, 0.3) is 0 Å². The Kier molecular flexibility index (Phi) is 3.97. The first-order chi connectivity index (χ1) is 9.21. The number of hydrogen-bond acceptors (Lipinski definition) is 4. The minimum Gasteiger partial charge on any atom is -0.388 e. The number of sulfone groups is 1.